The number of anilines is 1. The van der Waals surface area contributed by atoms with Crippen LogP contribution in [0.3, 0.4) is 0 Å². The van der Waals surface area contributed by atoms with E-state index in [1.807, 2.05) is 0 Å². The fourth-order valence-electron chi connectivity index (χ4n) is 2.09. The largest absolute Gasteiger partial charge is 0.270 e. The first-order chi connectivity index (χ1) is 11.4. The third-order valence-electron chi connectivity index (χ3n) is 3.23. The number of amides is 1. The molecule has 0 aliphatic carbocycles. The lowest BCUT2D eigenvalue weighted by Gasteiger charge is -2.15. The van der Waals surface area contributed by atoms with Crippen LogP contribution in [0.25, 0.3) is 6.08 Å². The summed E-state index contributed by atoms with van der Waals surface area (Å²) < 4.78 is 1.17. The first kappa shape index (κ1) is 18.2. The summed E-state index contributed by atoms with van der Waals surface area (Å²) in [6, 6.07) is 10.4. The van der Waals surface area contributed by atoms with E-state index < -0.39 is 0 Å². The van der Waals surface area contributed by atoms with Crippen molar-refractivity contribution in [2.75, 3.05) is 4.90 Å². The van der Waals surface area contributed by atoms with Crippen LogP contribution >= 0.6 is 74.7 Å². The van der Waals surface area contributed by atoms with E-state index in [0.717, 1.165) is 4.47 Å². The van der Waals surface area contributed by atoms with Gasteiger partial charge in [-0.05, 0) is 52.3 Å². The Bertz CT molecular complexity index is 881. The number of rotatable bonds is 2. The van der Waals surface area contributed by atoms with E-state index in [9.17, 15) is 4.79 Å². The quantitative estimate of drug-likeness (QED) is 0.348. The first-order valence-electron chi connectivity index (χ1n) is 6.55. The summed E-state index contributed by atoms with van der Waals surface area (Å²) in [5, 5.41) is 1.44. The third kappa shape index (κ3) is 3.52. The average molecular weight is 480 g/mol. The van der Waals surface area contributed by atoms with Crippen LogP contribution in [0.4, 0.5) is 5.69 Å². The minimum Gasteiger partial charge on any atom is -0.268 e. The van der Waals surface area contributed by atoms with Crippen molar-refractivity contribution in [3.05, 3.63) is 66.4 Å². The Labute approximate surface area is 171 Å². The van der Waals surface area contributed by atoms with Crippen molar-refractivity contribution >= 4 is 96.7 Å². The summed E-state index contributed by atoms with van der Waals surface area (Å²) >= 11 is 28.3. The van der Waals surface area contributed by atoms with E-state index in [1.54, 1.807) is 42.5 Å². The van der Waals surface area contributed by atoms with Gasteiger partial charge in [0.1, 0.15) is 0 Å². The second-order valence-electron chi connectivity index (χ2n) is 4.75. The van der Waals surface area contributed by atoms with Crippen LogP contribution < -0.4 is 4.90 Å². The summed E-state index contributed by atoms with van der Waals surface area (Å²) in [5.41, 5.74) is 1.20. The van der Waals surface area contributed by atoms with E-state index in [-0.39, 0.29) is 5.91 Å². The van der Waals surface area contributed by atoms with E-state index in [1.165, 1.54) is 16.7 Å². The van der Waals surface area contributed by atoms with Gasteiger partial charge in [0.2, 0.25) is 0 Å². The van der Waals surface area contributed by atoms with Gasteiger partial charge in [0.25, 0.3) is 5.91 Å². The van der Waals surface area contributed by atoms with Crippen molar-refractivity contribution in [3.8, 4) is 0 Å². The van der Waals surface area contributed by atoms with Crippen LogP contribution in [-0.2, 0) is 4.79 Å². The molecule has 122 valence electrons. The van der Waals surface area contributed by atoms with Gasteiger partial charge in [-0.15, -0.1) is 0 Å². The van der Waals surface area contributed by atoms with E-state index in [4.69, 9.17) is 47.0 Å². The van der Waals surface area contributed by atoms with Gasteiger partial charge < -0.3 is 0 Å². The molecule has 2 nitrogen and oxygen atoms in total. The minimum absolute atomic E-state index is 0.237. The molecule has 0 N–H and O–H groups in total. The highest BCUT2D eigenvalue weighted by Crippen LogP contribution is 2.39. The highest BCUT2D eigenvalue weighted by molar-refractivity contribution is 9.10. The van der Waals surface area contributed by atoms with Gasteiger partial charge in [0.15, 0.2) is 4.32 Å². The van der Waals surface area contributed by atoms with Crippen LogP contribution in [0.15, 0.2) is 45.8 Å². The van der Waals surface area contributed by atoms with Crippen LogP contribution in [0.1, 0.15) is 5.56 Å². The molecule has 8 heteroatoms. The van der Waals surface area contributed by atoms with Crippen LogP contribution in [0.2, 0.25) is 15.1 Å². The van der Waals surface area contributed by atoms with E-state index >= 15 is 0 Å². The van der Waals surface area contributed by atoms with Crippen molar-refractivity contribution in [1.29, 1.82) is 0 Å². The molecule has 2 aromatic rings. The topological polar surface area (TPSA) is 20.3 Å². The number of nitrogens with zero attached hydrogens (tertiary/aromatic N) is 1. The zero-order valence-electron chi connectivity index (χ0n) is 11.7. The van der Waals surface area contributed by atoms with Gasteiger partial charge in [0.05, 0.1) is 15.6 Å². The Kier molecular flexibility index (Phi) is 5.59. The van der Waals surface area contributed by atoms with E-state index in [0.29, 0.717) is 35.5 Å². The molecule has 0 radical (unpaired) electrons. The smallest absolute Gasteiger partial charge is 0.268 e. The molecule has 1 aliphatic rings. The number of benzene rings is 2. The maximum absolute atomic E-state index is 12.7. The molecule has 24 heavy (non-hydrogen) atoms. The van der Waals surface area contributed by atoms with Gasteiger partial charge in [-0.1, -0.05) is 64.8 Å². The van der Waals surface area contributed by atoms with Gasteiger partial charge in [-0.25, -0.2) is 0 Å². The lowest BCUT2D eigenvalue weighted by Crippen LogP contribution is -2.27. The highest BCUT2D eigenvalue weighted by atomic mass is 79.9. The Morgan fingerprint density at radius 2 is 1.75 bits per heavy atom. The Morgan fingerprint density at radius 1 is 1.08 bits per heavy atom. The fraction of sp³-hybridized carbons (Fsp3) is 0. The minimum atomic E-state index is -0.237. The summed E-state index contributed by atoms with van der Waals surface area (Å²) in [5.74, 6) is -0.237. The van der Waals surface area contributed by atoms with Crippen LogP contribution in [-0.4, -0.2) is 10.2 Å². The van der Waals surface area contributed by atoms with Crippen molar-refractivity contribution in [3.63, 3.8) is 0 Å². The molecule has 1 saturated heterocycles. The molecule has 3 rings (SSSR count). The molecule has 0 saturated carbocycles. The molecule has 0 bridgehead atoms. The van der Waals surface area contributed by atoms with Crippen LogP contribution in [0, 0.1) is 0 Å². The zero-order chi connectivity index (χ0) is 17.4. The highest BCUT2D eigenvalue weighted by Gasteiger charge is 2.33. The van der Waals surface area contributed by atoms with Crippen LogP contribution in [0.5, 0.6) is 0 Å². The molecule has 0 unspecified atom stereocenters. The van der Waals surface area contributed by atoms with Gasteiger partial charge in [-0.3, -0.25) is 9.69 Å². The fourth-order valence-corrected chi connectivity index (χ4v) is 4.30. The van der Waals surface area contributed by atoms with Crippen molar-refractivity contribution in [1.82, 2.24) is 0 Å². The standard InChI is InChI=1S/C16H7BrCl3NOS2/c17-10-5-4-8(6-13(10)20)21-15(22)14(24-16(21)23)7-9-11(18)2-1-3-12(9)19/h1-7H/b14-7+. The Hall–Kier alpha value is -0.560. The maximum atomic E-state index is 12.7. The van der Waals surface area contributed by atoms with Crippen molar-refractivity contribution in [2.24, 2.45) is 0 Å². The van der Waals surface area contributed by atoms with Gasteiger partial charge >= 0.3 is 0 Å². The molecule has 1 amide bonds. The maximum Gasteiger partial charge on any atom is 0.270 e. The molecular formula is C16H7BrCl3NOS2. The number of thioether (sulfide) groups is 1. The summed E-state index contributed by atoms with van der Waals surface area (Å²) in [6.07, 6.45) is 1.66. The second kappa shape index (κ2) is 7.36. The van der Waals surface area contributed by atoms with Gasteiger partial charge in [0, 0.05) is 20.1 Å². The zero-order valence-corrected chi connectivity index (χ0v) is 17.2. The predicted octanol–water partition coefficient (Wildman–Crippen LogP) is 6.82. The van der Waals surface area contributed by atoms with Crippen molar-refractivity contribution < 1.29 is 4.79 Å². The van der Waals surface area contributed by atoms with E-state index in [2.05, 4.69) is 15.9 Å². The molecule has 1 aliphatic heterocycles. The second-order valence-corrected chi connectivity index (χ2v) is 8.50. The number of halogens is 4. The molecule has 2 aromatic carbocycles. The monoisotopic (exact) mass is 477 g/mol. The first-order valence-corrected chi connectivity index (χ1v) is 9.70. The lowest BCUT2D eigenvalue weighted by atomic mass is 10.2. The molecule has 1 heterocycles. The predicted molar refractivity (Wildman–Crippen MR) is 111 cm³/mol. The molecular weight excluding hydrogens is 473 g/mol. The lowest BCUT2D eigenvalue weighted by molar-refractivity contribution is -0.113. The van der Waals surface area contributed by atoms with Gasteiger partial charge in [-0.2, -0.15) is 0 Å². The Balaban J connectivity index is 2.00. The Morgan fingerprint density at radius 3 is 2.38 bits per heavy atom. The molecule has 0 aromatic heterocycles. The summed E-state index contributed by atoms with van der Waals surface area (Å²) in [6.45, 7) is 0. The number of carbonyl (C=O) groups is 1. The third-order valence-corrected chi connectivity index (χ3v) is 6.42. The number of thiocarbonyl (C=S) groups is 1. The SMILES string of the molecule is O=C1/C(=C\c2c(Cl)cccc2Cl)SC(=S)N1c1ccc(Br)c(Cl)c1. The van der Waals surface area contributed by atoms with Crippen molar-refractivity contribution in [2.45, 2.75) is 0 Å². The number of carbonyl (C=O) groups excluding carboxylic acids is 1. The summed E-state index contributed by atoms with van der Waals surface area (Å²) in [4.78, 5) is 14.6. The normalized spacial score (nSPS) is 16.3. The summed E-state index contributed by atoms with van der Waals surface area (Å²) in [7, 11) is 0. The number of hydrogen-bond acceptors (Lipinski definition) is 3. The number of hydrogen-bond donors (Lipinski definition) is 0. The molecule has 1 fully saturated rings. The molecule has 0 atom stereocenters. The molecule has 0 spiro atoms. The average Bonchev–Trinajstić information content (AvgIpc) is 2.80.